The third-order valence-corrected chi connectivity index (χ3v) is 4.57. The van der Waals surface area contributed by atoms with Crippen LogP contribution in [0.15, 0.2) is 35.0 Å². The second-order valence-electron chi connectivity index (χ2n) is 4.31. The number of carbonyl (C=O) groups is 1. The van der Waals surface area contributed by atoms with Gasteiger partial charge in [0.05, 0.1) is 11.4 Å². The first-order chi connectivity index (χ1) is 10.6. The lowest BCUT2D eigenvalue weighted by Crippen LogP contribution is -2.23. The van der Waals surface area contributed by atoms with Gasteiger partial charge in [-0.1, -0.05) is 12.1 Å². The molecule has 0 aliphatic rings. The summed E-state index contributed by atoms with van der Waals surface area (Å²) in [5, 5.41) is 25.9. The van der Waals surface area contributed by atoms with Crippen molar-refractivity contribution in [2.75, 3.05) is 0 Å². The number of nitrogens with one attached hydrogen (secondary N) is 1. The molecule has 0 bridgehead atoms. The molecule has 0 saturated carbocycles. The van der Waals surface area contributed by atoms with E-state index in [1.54, 1.807) is 6.07 Å². The molecule has 0 saturated heterocycles. The molecule has 0 aliphatic heterocycles. The maximum atomic E-state index is 12.2. The molecule has 0 radical (unpaired) electrons. The Balaban J connectivity index is 1.87. The fraction of sp³-hybridized carbons (Fsp3) is 0.0714. The number of nitrogens with zero attached hydrogens (tertiary/aromatic N) is 2. The highest BCUT2D eigenvalue weighted by Crippen LogP contribution is 2.30. The Kier molecular flexibility index (Phi) is 4.03. The van der Waals surface area contributed by atoms with Crippen molar-refractivity contribution in [3.63, 3.8) is 0 Å². The average molecular weight is 333 g/mol. The van der Waals surface area contributed by atoms with E-state index in [1.807, 2.05) is 29.0 Å². The van der Waals surface area contributed by atoms with E-state index in [0.29, 0.717) is 11.4 Å². The number of thiophene rings is 2. The third-order valence-electron chi connectivity index (χ3n) is 2.83. The standard InChI is InChI=1S/C14H11N3O3S2/c18-11-10(13(19)15-7-8-3-1-5-21-8)16-12(17-14(11)20)9-4-2-6-22-9/h1-6,18H,7H2,(H,15,19)(H,16,17,20). The van der Waals surface area contributed by atoms with Crippen molar-refractivity contribution in [1.82, 2.24) is 15.3 Å². The van der Waals surface area contributed by atoms with E-state index in [4.69, 9.17) is 0 Å². The van der Waals surface area contributed by atoms with Crippen LogP contribution in [0.2, 0.25) is 0 Å². The van der Waals surface area contributed by atoms with E-state index in [0.717, 1.165) is 4.88 Å². The van der Waals surface area contributed by atoms with Crippen molar-refractivity contribution in [3.05, 3.63) is 45.6 Å². The quantitative estimate of drug-likeness (QED) is 0.682. The van der Waals surface area contributed by atoms with Crippen LogP contribution in [0.5, 0.6) is 11.6 Å². The highest BCUT2D eigenvalue weighted by atomic mass is 32.1. The van der Waals surface area contributed by atoms with Crippen LogP contribution in [-0.2, 0) is 6.54 Å². The largest absolute Gasteiger partial charge is 0.501 e. The molecule has 8 heteroatoms. The van der Waals surface area contributed by atoms with Crippen molar-refractivity contribution in [2.45, 2.75) is 6.54 Å². The topological polar surface area (TPSA) is 95.3 Å². The van der Waals surface area contributed by atoms with Gasteiger partial charge in [0.2, 0.25) is 5.75 Å². The number of carbonyl (C=O) groups excluding carboxylic acids is 1. The minimum absolute atomic E-state index is 0.201. The summed E-state index contributed by atoms with van der Waals surface area (Å²) in [5.41, 5.74) is -0.243. The zero-order chi connectivity index (χ0) is 15.5. The van der Waals surface area contributed by atoms with E-state index in [9.17, 15) is 15.0 Å². The molecule has 0 aromatic carbocycles. The SMILES string of the molecule is O=C(NCc1cccs1)c1nc(-c2cccs2)nc(O)c1O. The van der Waals surface area contributed by atoms with E-state index in [-0.39, 0.29) is 11.5 Å². The molecule has 22 heavy (non-hydrogen) atoms. The predicted molar refractivity (Wildman–Crippen MR) is 84.2 cm³/mol. The number of hydrogen-bond donors (Lipinski definition) is 3. The number of amides is 1. The molecule has 112 valence electrons. The van der Waals surface area contributed by atoms with Crippen LogP contribution in [-0.4, -0.2) is 26.1 Å². The predicted octanol–water partition coefficient (Wildman–Crippen LogP) is 2.61. The Bertz CT molecular complexity index is 786. The maximum absolute atomic E-state index is 12.2. The maximum Gasteiger partial charge on any atom is 0.274 e. The third kappa shape index (κ3) is 2.92. The van der Waals surface area contributed by atoms with Gasteiger partial charge in [0, 0.05) is 4.88 Å². The van der Waals surface area contributed by atoms with Gasteiger partial charge in [-0.05, 0) is 22.9 Å². The molecule has 1 amide bonds. The van der Waals surface area contributed by atoms with Gasteiger partial charge in [-0.15, -0.1) is 22.7 Å². The molecule has 3 aromatic heterocycles. The summed E-state index contributed by atoms with van der Waals surface area (Å²) in [4.78, 5) is 21.7. The molecule has 3 aromatic rings. The fourth-order valence-electron chi connectivity index (χ4n) is 1.78. The molecule has 0 aliphatic carbocycles. The van der Waals surface area contributed by atoms with Crippen LogP contribution in [0.1, 0.15) is 15.4 Å². The summed E-state index contributed by atoms with van der Waals surface area (Å²) in [6.45, 7) is 0.328. The van der Waals surface area contributed by atoms with Gasteiger partial charge in [-0.3, -0.25) is 4.79 Å². The number of aromatic hydroxyl groups is 2. The van der Waals surface area contributed by atoms with Crippen LogP contribution >= 0.6 is 22.7 Å². The molecular weight excluding hydrogens is 322 g/mol. The molecule has 3 rings (SSSR count). The van der Waals surface area contributed by atoms with E-state index >= 15 is 0 Å². The minimum Gasteiger partial charge on any atom is -0.501 e. The normalized spacial score (nSPS) is 10.5. The smallest absolute Gasteiger partial charge is 0.274 e. The van der Waals surface area contributed by atoms with Gasteiger partial charge in [0.1, 0.15) is 0 Å². The van der Waals surface area contributed by atoms with E-state index < -0.39 is 17.5 Å². The number of aromatic nitrogens is 2. The van der Waals surface area contributed by atoms with E-state index in [2.05, 4.69) is 15.3 Å². The molecule has 0 atom stereocenters. The second-order valence-corrected chi connectivity index (χ2v) is 6.29. The molecule has 0 spiro atoms. The minimum atomic E-state index is -0.621. The van der Waals surface area contributed by atoms with Crippen LogP contribution in [0, 0.1) is 0 Å². The Morgan fingerprint density at radius 3 is 2.59 bits per heavy atom. The van der Waals surface area contributed by atoms with Crippen LogP contribution < -0.4 is 5.32 Å². The van der Waals surface area contributed by atoms with Crippen molar-refractivity contribution >= 4 is 28.6 Å². The van der Waals surface area contributed by atoms with Crippen LogP contribution in [0.3, 0.4) is 0 Å². The highest BCUT2D eigenvalue weighted by molar-refractivity contribution is 7.13. The van der Waals surface area contributed by atoms with Crippen LogP contribution in [0.4, 0.5) is 0 Å². The van der Waals surface area contributed by atoms with Crippen LogP contribution in [0.25, 0.3) is 10.7 Å². The molecule has 0 fully saturated rings. The first-order valence-corrected chi connectivity index (χ1v) is 8.05. The zero-order valence-corrected chi connectivity index (χ0v) is 12.8. The van der Waals surface area contributed by atoms with Gasteiger partial charge in [-0.25, -0.2) is 4.98 Å². The fourth-order valence-corrected chi connectivity index (χ4v) is 3.08. The summed E-state index contributed by atoms with van der Waals surface area (Å²) < 4.78 is 0. The molecule has 0 unspecified atom stereocenters. The van der Waals surface area contributed by atoms with Crippen molar-refractivity contribution in [3.8, 4) is 22.3 Å². The Morgan fingerprint density at radius 2 is 1.91 bits per heavy atom. The van der Waals surface area contributed by atoms with E-state index in [1.165, 1.54) is 22.7 Å². The van der Waals surface area contributed by atoms with Gasteiger partial charge >= 0.3 is 0 Å². The van der Waals surface area contributed by atoms with Crippen molar-refractivity contribution < 1.29 is 15.0 Å². The van der Waals surface area contributed by atoms with Crippen molar-refractivity contribution in [2.24, 2.45) is 0 Å². The lowest BCUT2D eigenvalue weighted by Gasteiger charge is -2.07. The first kappa shape index (κ1) is 14.5. The molecule has 3 N–H and O–H groups in total. The number of rotatable bonds is 4. The highest BCUT2D eigenvalue weighted by Gasteiger charge is 2.20. The Labute approximate surface area is 133 Å². The zero-order valence-electron chi connectivity index (χ0n) is 11.2. The van der Waals surface area contributed by atoms with Gasteiger partial charge in [0.25, 0.3) is 11.8 Å². The second kappa shape index (κ2) is 6.12. The Hall–Kier alpha value is -2.45. The summed E-state index contributed by atoms with van der Waals surface area (Å²) >= 11 is 2.89. The summed E-state index contributed by atoms with van der Waals surface area (Å²) in [6, 6.07) is 7.35. The lowest BCUT2D eigenvalue weighted by molar-refractivity contribution is 0.0942. The summed E-state index contributed by atoms with van der Waals surface area (Å²) in [7, 11) is 0. The first-order valence-electron chi connectivity index (χ1n) is 6.29. The average Bonchev–Trinajstić information content (AvgIpc) is 3.20. The monoisotopic (exact) mass is 333 g/mol. The Morgan fingerprint density at radius 1 is 1.14 bits per heavy atom. The van der Waals surface area contributed by atoms with Crippen molar-refractivity contribution in [1.29, 1.82) is 0 Å². The van der Waals surface area contributed by atoms with Gasteiger partial charge in [-0.2, -0.15) is 4.98 Å². The van der Waals surface area contributed by atoms with Gasteiger partial charge in [0.15, 0.2) is 11.5 Å². The molecule has 3 heterocycles. The summed E-state index contributed by atoms with van der Waals surface area (Å²) in [6.07, 6.45) is 0. The van der Waals surface area contributed by atoms with Gasteiger partial charge < -0.3 is 15.5 Å². The molecule has 6 nitrogen and oxygen atoms in total. The lowest BCUT2D eigenvalue weighted by atomic mass is 10.3. The summed E-state index contributed by atoms with van der Waals surface area (Å²) in [5.74, 6) is -1.60. The molecular formula is C14H11N3O3S2. The number of hydrogen-bond acceptors (Lipinski definition) is 7.